The monoisotopic (exact) mass is 497 g/mol. The second-order valence-electron chi connectivity index (χ2n) is 8.12. The lowest BCUT2D eigenvalue weighted by atomic mass is 10.1. The van der Waals surface area contributed by atoms with Crippen LogP contribution in [0, 0.1) is 19.7 Å². The van der Waals surface area contributed by atoms with Crippen LogP contribution in [0.25, 0.3) is 0 Å². The first kappa shape index (κ1) is 25.9. The van der Waals surface area contributed by atoms with Gasteiger partial charge in [0.15, 0.2) is 0 Å². The third-order valence-electron chi connectivity index (χ3n) is 5.55. The van der Waals surface area contributed by atoms with Gasteiger partial charge in [-0.2, -0.15) is 0 Å². The summed E-state index contributed by atoms with van der Waals surface area (Å²) >= 11 is 0. The van der Waals surface area contributed by atoms with Crippen LogP contribution in [-0.2, 0) is 21.4 Å². The van der Waals surface area contributed by atoms with Crippen LogP contribution in [0.3, 0.4) is 0 Å². The summed E-state index contributed by atoms with van der Waals surface area (Å²) in [5.74, 6) is -1.20. The predicted molar refractivity (Wildman–Crippen MR) is 133 cm³/mol. The number of rotatable bonds is 9. The van der Waals surface area contributed by atoms with E-state index >= 15 is 0 Å². The number of amides is 2. The first-order valence-electron chi connectivity index (χ1n) is 11.1. The van der Waals surface area contributed by atoms with Crippen molar-refractivity contribution in [3.63, 3.8) is 0 Å². The molecule has 0 aliphatic heterocycles. The molecule has 3 rings (SSSR count). The summed E-state index contributed by atoms with van der Waals surface area (Å²) in [4.78, 5) is 27.0. The summed E-state index contributed by atoms with van der Waals surface area (Å²) in [5.41, 5.74) is 2.74. The summed E-state index contributed by atoms with van der Waals surface area (Å²) < 4.78 is 41.6. The van der Waals surface area contributed by atoms with Crippen LogP contribution in [-0.4, -0.2) is 38.2 Å². The molecule has 0 fully saturated rings. The predicted octanol–water partition coefficient (Wildman–Crippen LogP) is 4.02. The third kappa shape index (κ3) is 6.66. The lowest BCUT2D eigenvalue weighted by Gasteiger charge is -2.22. The van der Waals surface area contributed by atoms with E-state index < -0.39 is 15.9 Å². The number of benzene rings is 3. The van der Waals surface area contributed by atoms with Crippen LogP contribution >= 0.6 is 0 Å². The van der Waals surface area contributed by atoms with Gasteiger partial charge < -0.3 is 10.2 Å². The van der Waals surface area contributed by atoms with Crippen LogP contribution in [0.15, 0.2) is 71.6 Å². The fourth-order valence-electron chi connectivity index (χ4n) is 3.42. The molecule has 9 heteroatoms. The summed E-state index contributed by atoms with van der Waals surface area (Å²) in [7, 11) is -3.93. The molecule has 3 aromatic rings. The summed E-state index contributed by atoms with van der Waals surface area (Å²) in [6.07, 6.45) is 0. The highest BCUT2D eigenvalue weighted by Gasteiger charge is 2.23. The molecule has 7 nitrogen and oxygen atoms in total. The van der Waals surface area contributed by atoms with E-state index in [0.29, 0.717) is 11.3 Å². The van der Waals surface area contributed by atoms with Gasteiger partial charge in [0.25, 0.3) is 15.9 Å². The lowest BCUT2D eigenvalue weighted by Crippen LogP contribution is -2.40. The maximum atomic E-state index is 13.2. The molecule has 0 aliphatic rings. The molecule has 3 aromatic carbocycles. The average molecular weight is 498 g/mol. The minimum atomic E-state index is -3.93. The highest BCUT2D eigenvalue weighted by Crippen LogP contribution is 2.22. The van der Waals surface area contributed by atoms with Gasteiger partial charge in [0.2, 0.25) is 5.91 Å². The van der Waals surface area contributed by atoms with Crippen molar-refractivity contribution in [3.05, 3.63) is 94.8 Å². The molecule has 0 unspecified atom stereocenters. The molecule has 35 heavy (non-hydrogen) atoms. The van der Waals surface area contributed by atoms with E-state index in [1.54, 1.807) is 57.2 Å². The van der Waals surface area contributed by atoms with E-state index in [4.69, 9.17) is 0 Å². The number of carbonyl (C=O) groups excluding carboxylic acids is 2. The van der Waals surface area contributed by atoms with Gasteiger partial charge in [0, 0.05) is 18.7 Å². The normalized spacial score (nSPS) is 11.1. The molecule has 0 aromatic heterocycles. The van der Waals surface area contributed by atoms with Gasteiger partial charge in [-0.1, -0.05) is 36.4 Å². The Morgan fingerprint density at radius 1 is 0.943 bits per heavy atom. The van der Waals surface area contributed by atoms with Crippen molar-refractivity contribution < 1.29 is 22.4 Å². The Bertz CT molecular complexity index is 1320. The van der Waals surface area contributed by atoms with Gasteiger partial charge >= 0.3 is 0 Å². The molecule has 2 amide bonds. The van der Waals surface area contributed by atoms with Gasteiger partial charge in [0.1, 0.15) is 5.82 Å². The van der Waals surface area contributed by atoms with E-state index in [-0.39, 0.29) is 41.8 Å². The van der Waals surface area contributed by atoms with Crippen LogP contribution in [0.4, 0.5) is 10.1 Å². The van der Waals surface area contributed by atoms with Crippen molar-refractivity contribution in [2.24, 2.45) is 0 Å². The molecule has 0 radical (unpaired) electrons. The van der Waals surface area contributed by atoms with Crippen molar-refractivity contribution in [2.75, 3.05) is 17.8 Å². The lowest BCUT2D eigenvalue weighted by molar-refractivity contribution is -0.121. The fraction of sp³-hybridized carbons (Fsp3) is 0.231. The Balaban J connectivity index is 1.74. The summed E-state index contributed by atoms with van der Waals surface area (Å²) in [6.45, 7) is 5.49. The number of carbonyl (C=O) groups is 2. The second kappa shape index (κ2) is 11.1. The summed E-state index contributed by atoms with van der Waals surface area (Å²) in [5, 5.41) is 2.71. The number of hydrogen-bond acceptors (Lipinski definition) is 4. The molecular weight excluding hydrogens is 469 g/mol. The molecule has 0 heterocycles. The molecule has 0 spiro atoms. The quantitative estimate of drug-likeness (QED) is 0.467. The van der Waals surface area contributed by atoms with E-state index in [2.05, 4.69) is 10.0 Å². The number of hydrogen-bond donors (Lipinski definition) is 2. The van der Waals surface area contributed by atoms with Crippen LogP contribution in [0.1, 0.15) is 34.0 Å². The number of sulfonamides is 1. The zero-order valence-corrected chi connectivity index (χ0v) is 20.7. The number of anilines is 1. The van der Waals surface area contributed by atoms with Crippen molar-refractivity contribution in [1.29, 1.82) is 0 Å². The molecule has 0 bridgehead atoms. The third-order valence-corrected chi connectivity index (χ3v) is 6.91. The maximum Gasteiger partial charge on any atom is 0.261 e. The van der Waals surface area contributed by atoms with Gasteiger partial charge in [-0.3, -0.25) is 14.3 Å². The highest BCUT2D eigenvalue weighted by atomic mass is 32.2. The largest absolute Gasteiger partial charge is 0.350 e. The van der Waals surface area contributed by atoms with Crippen LogP contribution in [0.5, 0.6) is 0 Å². The van der Waals surface area contributed by atoms with Crippen molar-refractivity contribution in [2.45, 2.75) is 32.2 Å². The molecule has 0 saturated carbocycles. The SMILES string of the molecule is CCN(CC(=O)NCc1ccc(F)cc1)C(=O)c1cc(S(=O)(=O)Nc2ccccc2C)ccc1C. The first-order valence-corrected chi connectivity index (χ1v) is 12.6. The van der Waals surface area contributed by atoms with Crippen molar-refractivity contribution in [1.82, 2.24) is 10.2 Å². The van der Waals surface area contributed by atoms with Crippen LogP contribution in [0.2, 0.25) is 0 Å². The number of halogens is 1. The average Bonchev–Trinajstić information content (AvgIpc) is 2.83. The maximum absolute atomic E-state index is 13.2. The van der Waals surface area contributed by atoms with E-state index in [1.165, 1.54) is 29.2 Å². The minimum Gasteiger partial charge on any atom is -0.350 e. The fourth-order valence-corrected chi connectivity index (χ4v) is 4.58. The number of nitrogens with zero attached hydrogens (tertiary/aromatic N) is 1. The first-order chi connectivity index (χ1) is 16.6. The van der Waals surface area contributed by atoms with Gasteiger partial charge in [0.05, 0.1) is 17.1 Å². The minimum absolute atomic E-state index is 0.0495. The number of aryl methyl sites for hydroxylation is 2. The Morgan fingerprint density at radius 3 is 2.29 bits per heavy atom. The molecule has 2 N–H and O–H groups in total. The van der Waals surface area contributed by atoms with Gasteiger partial charge in [-0.05, 0) is 67.8 Å². The molecule has 184 valence electrons. The highest BCUT2D eigenvalue weighted by molar-refractivity contribution is 7.92. The zero-order valence-electron chi connectivity index (χ0n) is 19.8. The molecule has 0 aliphatic carbocycles. The smallest absolute Gasteiger partial charge is 0.261 e. The molecule has 0 atom stereocenters. The van der Waals surface area contributed by atoms with E-state index in [9.17, 15) is 22.4 Å². The number of nitrogens with one attached hydrogen (secondary N) is 2. The van der Waals surface area contributed by atoms with Crippen molar-refractivity contribution in [3.8, 4) is 0 Å². The Morgan fingerprint density at radius 2 is 1.63 bits per heavy atom. The Kier molecular flexibility index (Phi) is 8.24. The second-order valence-corrected chi connectivity index (χ2v) is 9.80. The summed E-state index contributed by atoms with van der Waals surface area (Å²) in [6, 6.07) is 17.1. The number of likely N-dealkylation sites (N-methyl/N-ethyl adjacent to an activating group) is 1. The van der Waals surface area contributed by atoms with Crippen molar-refractivity contribution >= 4 is 27.5 Å². The topological polar surface area (TPSA) is 95.6 Å². The zero-order chi connectivity index (χ0) is 25.6. The number of para-hydroxylation sites is 1. The van der Waals surface area contributed by atoms with Gasteiger partial charge in [-0.25, -0.2) is 12.8 Å². The Labute approximate surface area is 205 Å². The van der Waals surface area contributed by atoms with E-state index in [1.807, 2.05) is 6.07 Å². The Hall–Kier alpha value is -3.72. The van der Waals surface area contributed by atoms with Crippen LogP contribution < -0.4 is 10.0 Å². The molecular formula is C26H28FN3O4S. The standard InChI is InChI=1S/C26H28FN3O4S/c1-4-30(17-25(31)28-16-20-10-12-21(27)13-11-20)26(32)23-15-22(14-9-18(23)2)35(33,34)29-24-8-6-5-7-19(24)3/h5-15,29H,4,16-17H2,1-3H3,(H,28,31). The van der Waals surface area contributed by atoms with E-state index in [0.717, 1.165) is 11.1 Å². The van der Waals surface area contributed by atoms with Gasteiger partial charge in [-0.15, -0.1) is 0 Å². The molecule has 0 saturated heterocycles.